The van der Waals surface area contributed by atoms with Gasteiger partial charge in [0.1, 0.15) is 12.4 Å². The molecule has 0 atom stereocenters. The second-order valence-corrected chi connectivity index (χ2v) is 4.70. The first-order chi connectivity index (χ1) is 8.10. The van der Waals surface area contributed by atoms with Crippen molar-refractivity contribution in [1.29, 1.82) is 0 Å². The van der Waals surface area contributed by atoms with Crippen LogP contribution in [0.3, 0.4) is 0 Å². The average Bonchev–Trinajstić information content (AvgIpc) is 2.60. The maximum atomic E-state index is 13.6. The molecule has 2 aromatic rings. The fourth-order valence-electron chi connectivity index (χ4n) is 1.52. The number of benzene rings is 1. The highest BCUT2D eigenvalue weighted by Gasteiger charge is 2.10. The quantitative estimate of drug-likeness (QED) is 0.632. The summed E-state index contributed by atoms with van der Waals surface area (Å²) in [5.74, 6) is -0.711. The van der Waals surface area contributed by atoms with E-state index < -0.39 is 0 Å². The number of rotatable bonds is 3. The van der Waals surface area contributed by atoms with Crippen LogP contribution >= 0.6 is 22.6 Å². The monoisotopic (exact) mass is 348 g/mol. The SMILES string of the molecule is CCOC(=O)Cn1cc2c(F)cc(I)cc2n1. The second kappa shape index (κ2) is 4.99. The molecule has 0 N–H and O–H groups in total. The normalized spacial score (nSPS) is 10.8. The van der Waals surface area contributed by atoms with Crippen LogP contribution in [-0.4, -0.2) is 22.4 Å². The largest absolute Gasteiger partial charge is 0.465 e. The van der Waals surface area contributed by atoms with E-state index in [0.717, 1.165) is 3.57 Å². The molecule has 0 bridgehead atoms. The lowest BCUT2D eigenvalue weighted by Crippen LogP contribution is -2.13. The molecular weight excluding hydrogens is 338 g/mol. The van der Waals surface area contributed by atoms with Crippen LogP contribution in [0.5, 0.6) is 0 Å². The summed E-state index contributed by atoms with van der Waals surface area (Å²) in [6.07, 6.45) is 1.51. The van der Waals surface area contributed by atoms with E-state index in [2.05, 4.69) is 5.10 Å². The van der Waals surface area contributed by atoms with E-state index >= 15 is 0 Å². The van der Waals surface area contributed by atoms with E-state index in [1.54, 1.807) is 13.0 Å². The van der Waals surface area contributed by atoms with Crippen LogP contribution in [-0.2, 0) is 16.1 Å². The molecule has 0 amide bonds. The van der Waals surface area contributed by atoms with Crippen molar-refractivity contribution in [2.24, 2.45) is 0 Å². The molecule has 1 aromatic carbocycles. The van der Waals surface area contributed by atoms with Gasteiger partial charge < -0.3 is 4.74 Å². The van der Waals surface area contributed by atoms with Gasteiger partial charge in [0.2, 0.25) is 0 Å². The van der Waals surface area contributed by atoms with Crippen molar-refractivity contribution in [3.63, 3.8) is 0 Å². The van der Waals surface area contributed by atoms with Crippen LogP contribution in [0.1, 0.15) is 6.92 Å². The van der Waals surface area contributed by atoms with Gasteiger partial charge >= 0.3 is 5.97 Å². The Morgan fingerprint density at radius 1 is 1.59 bits per heavy atom. The standard InChI is InChI=1S/C11H10FIN2O2/c1-2-17-11(16)6-15-5-8-9(12)3-7(13)4-10(8)14-15/h3-5H,2,6H2,1H3. The topological polar surface area (TPSA) is 44.1 Å². The Morgan fingerprint density at radius 3 is 3.06 bits per heavy atom. The minimum Gasteiger partial charge on any atom is -0.465 e. The Labute approximate surface area is 111 Å². The van der Waals surface area contributed by atoms with Crippen molar-refractivity contribution < 1.29 is 13.9 Å². The van der Waals surface area contributed by atoms with E-state index in [9.17, 15) is 9.18 Å². The zero-order chi connectivity index (χ0) is 12.4. The molecule has 6 heteroatoms. The molecular formula is C11H10FIN2O2. The molecule has 1 heterocycles. The van der Waals surface area contributed by atoms with Gasteiger partial charge in [0.05, 0.1) is 17.5 Å². The van der Waals surface area contributed by atoms with Gasteiger partial charge in [-0.1, -0.05) is 0 Å². The molecule has 2 rings (SSSR count). The summed E-state index contributed by atoms with van der Waals surface area (Å²) in [4.78, 5) is 11.3. The first kappa shape index (κ1) is 12.3. The number of nitrogens with zero attached hydrogens (tertiary/aromatic N) is 2. The fourth-order valence-corrected chi connectivity index (χ4v) is 2.09. The van der Waals surface area contributed by atoms with Gasteiger partial charge in [0.15, 0.2) is 0 Å². The average molecular weight is 348 g/mol. The number of hydrogen-bond donors (Lipinski definition) is 0. The molecule has 0 fully saturated rings. The molecule has 4 nitrogen and oxygen atoms in total. The number of halogens is 2. The Balaban J connectivity index is 2.32. The molecule has 17 heavy (non-hydrogen) atoms. The van der Waals surface area contributed by atoms with Crippen LogP contribution in [0.2, 0.25) is 0 Å². The molecule has 90 valence electrons. The third-order valence-corrected chi connectivity index (χ3v) is 2.81. The van der Waals surface area contributed by atoms with Crippen molar-refractivity contribution in [3.8, 4) is 0 Å². The Morgan fingerprint density at radius 2 is 2.35 bits per heavy atom. The summed E-state index contributed by atoms with van der Waals surface area (Å²) in [6.45, 7) is 2.06. The number of carbonyl (C=O) groups excluding carboxylic acids is 1. The first-order valence-electron chi connectivity index (χ1n) is 5.08. The van der Waals surface area contributed by atoms with Gasteiger partial charge in [-0.05, 0) is 41.6 Å². The van der Waals surface area contributed by atoms with Gasteiger partial charge in [-0.2, -0.15) is 5.10 Å². The van der Waals surface area contributed by atoms with Crippen molar-refractivity contribution in [2.75, 3.05) is 6.61 Å². The first-order valence-corrected chi connectivity index (χ1v) is 6.16. The van der Waals surface area contributed by atoms with Crippen molar-refractivity contribution in [3.05, 3.63) is 27.7 Å². The van der Waals surface area contributed by atoms with Gasteiger partial charge in [0.25, 0.3) is 0 Å². The summed E-state index contributed by atoms with van der Waals surface area (Å²) in [6, 6.07) is 3.19. The Kier molecular flexibility index (Phi) is 3.60. The minimum atomic E-state index is -0.379. The molecule has 0 unspecified atom stereocenters. The number of fused-ring (bicyclic) bond motifs is 1. The van der Waals surface area contributed by atoms with Crippen molar-refractivity contribution >= 4 is 39.5 Å². The van der Waals surface area contributed by atoms with Gasteiger partial charge in [0, 0.05) is 9.77 Å². The van der Waals surface area contributed by atoms with Crippen LogP contribution in [0.25, 0.3) is 10.9 Å². The molecule has 0 saturated heterocycles. The lowest BCUT2D eigenvalue weighted by atomic mass is 10.2. The maximum absolute atomic E-state index is 13.6. The summed E-state index contributed by atoms with van der Waals surface area (Å²) >= 11 is 2.02. The van der Waals surface area contributed by atoms with Crippen LogP contribution in [0, 0.1) is 9.39 Å². The summed E-state index contributed by atoms with van der Waals surface area (Å²) in [5, 5.41) is 4.54. The number of ether oxygens (including phenoxy) is 1. The second-order valence-electron chi connectivity index (χ2n) is 3.45. The maximum Gasteiger partial charge on any atom is 0.327 e. The summed E-state index contributed by atoms with van der Waals surface area (Å²) in [5.41, 5.74) is 0.540. The molecule has 0 aliphatic rings. The number of esters is 1. The third kappa shape index (κ3) is 2.74. The summed E-state index contributed by atoms with van der Waals surface area (Å²) in [7, 11) is 0. The smallest absolute Gasteiger partial charge is 0.327 e. The van der Waals surface area contributed by atoms with Crippen molar-refractivity contribution in [1.82, 2.24) is 9.78 Å². The highest BCUT2D eigenvalue weighted by Crippen LogP contribution is 2.19. The van der Waals surface area contributed by atoms with E-state index in [1.165, 1.54) is 16.9 Å². The van der Waals surface area contributed by atoms with Crippen LogP contribution in [0.15, 0.2) is 18.3 Å². The van der Waals surface area contributed by atoms with E-state index in [0.29, 0.717) is 17.5 Å². The Hall–Kier alpha value is -1.18. The molecule has 0 radical (unpaired) electrons. The van der Waals surface area contributed by atoms with E-state index in [4.69, 9.17) is 4.74 Å². The number of aromatic nitrogens is 2. The predicted octanol–water partition coefficient (Wildman–Crippen LogP) is 2.34. The van der Waals surface area contributed by atoms with Crippen LogP contribution in [0.4, 0.5) is 4.39 Å². The molecule has 1 aromatic heterocycles. The van der Waals surface area contributed by atoms with Crippen LogP contribution < -0.4 is 0 Å². The highest BCUT2D eigenvalue weighted by atomic mass is 127. The number of hydrogen-bond acceptors (Lipinski definition) is 3. The third-order valence-electron chi connectivity index (χ3n) is 2.18. The zero-order valence-corrected chi connectivity index (χ0v) is 11.3. The van der Waals surface area contributed by atoms with Gasteiger partial charge in [-0.15, -0.1) is 0 Å². The lowest BCUT2D eigenvalue weighted by molar-refractivity contribution is -0.144. The van der Waals surface area contributed by atoms with E-state index in [1.807, 2.05) is 22.6 Å². The molecule has 0 spiro atoms. The van der Waals surface area contributed by atoms with Crippen molar-refractivity contribution in [2.45, 2.75) is 13.5 Å². The fraction of sp³-hybridized carbons (Fsp3) is 0.273. The van der Waals surface area contributed by atoms with E-state index in [-0.39, 0.29) is 18.3 Å². The van der Waals surface area contributed by atoms with Gasteiger partial charge in [-0.3, -0.25) is 9.48 Å². The minimum absolute atomic E-state index is 0.00145. The molecule has 0 saturated carbocycles. The highest BCUT2D eigenvalue weighted by molar-refractivity contribution is 14.1. The lowest BCUT2D eigenvalue weighted by Gasteiger charge is -2.00. The Bertz CT molecular complexity index is 568. The summed E-state index contributed by atoms with van der Waals surface area (Å²) < 4.78 is 20.5. The van der Waals surface area contributed by atoms with Gasteiger partial charge in [-0.25, -0.2) is 4.39 Å². The zero-order valence-electron chi connectivity index (χ0n) is 9.11. The molecule has 0 aliphatic heterocycles. The predicted molar refractivity (Wildman–Crippen MR) is 69.0 cm³/mol. The number of carbonyl (C=O) groups is 1. The molecule has 0 aliphatic carbocycles.